The predicted molar refractivity (Wildman–Crippen MR) is 72.8 cm³/mol. The number of nitrogens with zero attached hydrogens (tertiary/aromatic N) is 1. The molecule has 1 aromatic heterocycles. The first-order valence-corrected chi connectivity index (χ1v) is 6.71. The lowest BCUT2D eigenvalue weighted by Crippen LogP contribution is -2.45. The Morgan fingerprint density at radius 1 is 1.47 bits per heavy atom. The van der Waals surface area contributed by atoms with Gasteiger partial charge in [0.1, 0.15) is 6.04 Å². The Bertz CT molecular complexity index is 626. The number of aliphatic carboxylic acids is 1. The molecule has 2 aromatic rings. The zero-order chi connectivity index (χ0) is 13.4. The first kappa shape index (κ1) is 12.4. The van der Waals surface area contributed by atoms with Crippen LogP contribution in [0.3, 0.4) is 0 Å². The monoisotopic (exact) mass is 321 g/mol. The number of aromatic amines is 1. The van der Waals surface area contributed by atoms with Gasteiger partial charge in [-0.3, -0.25) is 10.1 Å². The van der Waals surface area contributed by atoms with Gasteiger partial charge in [-0.2, -0.15) is 0 Å². The van der Waals surface area contributed by atoms with Gasteiger partial charge in [-0.15, -0.1) is 0 Å². The lowest BCUT2D eigenvalue weighted by molar-refractivity contribution is -0.139. The van der Waals surface area contributed by atoms with Gasteiger partial charge < -0.3 is 10.1 Å². The zero-order valence-corrected chi connectivity index (χ0v) is 11.5. The maximum Gasteiger partial charge on any atom is 0.321 e. The second kappa shape index (κ2) is 4.79. The molecular weight excluding hydrogens is 310 g/mol. The summed E-state index contributed by atoms with van der Waals surface area (Å²) in [4.78, 5) is 18.6. The second-order valence-electron chi connectivity index (χ2n) is 4.52. The van der Waals surface area contributed by atoms with Crippen LogP contribution < -0.4 is 5.32 Å². The molecule has 6 heteroatoms. The number of benzene rings is 1. The molecule has 0 fully saturated rings. The first-order valence-electron chi connectivity index (χ1n) is 5.91. The molecule has 0 saturated carbocycles. The van der Waals surface area contributed by atoms with Crippen molar-refractivity contribution in [3.63, 3.8) is 0 Å². The van der Waals surface area contributed by atoms with Crippen LogP contribution in [-0.4, -0.2) is 27.1 Å². The number of fused-ring (bicyclic) bond motifs is 1. The third-order valence-electron chi connectivity index (χ3n) is 3.28. The van der Waals surface area contributed by atoms with Crippen LogP contribution in [0.15, 0.2) is 35.1 Å². The van der Waals surface area contributed by atoms with Crippen molar-refractivity contribution in [1.82, 2.24) is 15.3 Å². The largest absolute Gasteiger partial charge is 0.480 e. The average molecular weight is 322 g/mol. The minimum atomic E-state index is -0.847. The Kier molecular flexibility index (Phi) is 3.12. The number of H-pyrrole nitrogens is 1. The molecule has 0 bridgehead atoms. The molecule has 0 radical (unpaired) electrons. The summed E-state index contributed by atoms with van der Waals surface area (Å²) in [5.74, 6) is -0.847. The van der Waals surface area contributed by atoms with Crippen LogP contribution in [-0.2, 0) is 11.2 Å². The molecule has 1 aliphatic heterocycles. The maximum atomic E-state index is 11.2. The van der Waals surface area contributed by atoms with E-state index in [1.165, 1.54) is 0 Å². The topological polar surface area (TPSA) is 78.0 Å². The van der Waals surface area contributed by atoms with E-state index in [4.69, 9.17) is 0 Å². The van der Waals surface area contributed by atoms with E-state index >= 15 is 0 Å². The van der Waals surface area contributed by atoms with Gasteiger partial charge in [0.25, 0.3) is 0 Å². The molecule has 3 rings (SSSR count). The molecule has 0 saturated heterocycles. The van der Waals surface area contributed by atoms with Gasteiger partial charge in [0.2, 0.25) is 0 Å². The number of rotatable bonds is 2. The van der Waals surface area contributed by atoms with Crippen molar-refractivity contribution < 1.29 is 9.90 Å². The van der Waals surface area contributed by atoms with Crippen molar-refractivity contribution in [3.05, 3.63) is 52.0 Å². The minimum Gasteiger partial charge on any atom is -0.480 e. The highest BCUT2D eigenvalue weighted by Gasteiger charge is 2.33. The molecule has 5 nitrogen and oxygen atoms in total. The summed E-state index contributed by atoms with van der Waals surface area (Å²) in [7, 11) is 0. The standard InChI is InChI=1S/C13H12BrN3O2/c14-8-3-1-2-7(4-8)11-12-9(15-6-16-12)5-10(17-11)13(18)19/h1-4,6,10-11,17H,5H2,(H,15,16)(H,18,19)/t10-,11-/m0/s1. The first-order chi connectivity index (χ1) is 9.15. The highest BCUT2D eigenvalue weighted by atomic mass is 79.9. The summed E-state index contributed by atoms with van der Waals surface area (Å²) in [5, 5.41) is 12.4. The summed E-state index contributed by atoms with van der Waals surface area (Å²) >= 11 is 3.43. The quantitative estimate of drug-likeness (QED) is 0.789. The molecule has 3 N–H and O–H groups in total. The average Bonchev–Trinajstić information content (AvgIpc) is 2.85. The van der Waals surface area contributed by atoms with Gasteiger partial charge in [-0.25, -0.2) is 4.98 Å². The van der Waals surface area contributed by atoms with E-state index in [0.29, 0.717) is 6.42 Å². The summed E-state index contributed by atoms with van der Waals surface area (Å²) < 4.78 is 0.960. The van der Waals surface area contributed by atoms with E-state index in [1.807, 2.05) is 24.3 Å². The number of nitrogens with one attached hydrogen (secondary N) is 2. The Hall–Kier alpha value is -1.66. The number of carboxylic acid groups (broad SMARTS) is 1. The molecule has 2 atom stereocenters. The maximum absolute atomic E-state index is 11.2. The third-order valence-corrected chi connectivity index (χ3v) is 3.77. The van der Waals surface area contributed by atoms with Crippen molar-refractivity contribution in [2.75, 3.05) is 0 Å². The molecule has 0 unspecified atom stereocenters. The second-order valence-corrected chi connectivity index (χ2v) is 5.43. The normalized spacial score (nSPS) is 21.9. The van der Waals surface area contributed by atoms with Crippen molar-refractivity contribution in [2.45, 2.75) is 18.5 Å². The van der Waals surface area contributed by atoms with Gasteiger partial charge in [-0.05, 0) is 17.7 Å². The molecular formula is C13H12BrN3O2. The molecule has 0 spiro atoms. The van der Waals surface area contributed by atoms with Crippen LogP contribution in [0.2, 0.25) is 0 Å². The highest BCUT2D eigenvalue weighted by Crippen LogP contribution is 2.29. The van der Waals surface area contributed by atoms with Crippen LogP contribution in [0.5, 0.6) is 0 Å². The molecule has 98 valence electrons. The SMILES string of the molecule is O=C(O)[C@@H]1Cc2[nH]cnc2[C@H](c2cccc(Br)c2)N1. The minimum absolute atomic E-state index is 0.200. The van der Waals surface area contributed by atoms with Gasteiger partial charge in [-0.1, -0.05) is 28.1 Å². The summed E-state index contributed by atoms with van der Waals surface area (Å²) in [6, 6.07) is 7.00. The molecule has 1 aliphatic rings. The van der Waals surface area contributed by atoms with E-state index in [2.05, 4.69) is 31.2 Å². The van der Waals surface area contributed by atoms with Crippen LogP contribution in [0.4, 0.5) is 0 Å². The van der Waals surface area contributed by atoms with E-state index in [0.717, 1.165) is 21.4 Å². The zero-order valence-electron chi connectivity index (χ0n) is 9.93. The van der Waals surface area contributed by atoms with Gasteiger partial charge in [0.15, 0.2) is 0 Å². The van der Waals surface area contributed by atoms with E-state index in [9.17, 15) is 9.90 Å². The van der Waals surface area contributed by atoms with Crippen LogP contribution in [0.25, 0.3) is 0 Å². The van der Waals surface area contributed by atoms with Crippen molar-refractivity contribution in [2.24, 2.45) is 0 Å². The molecule has 2 heterocycles. The molecule has 0 aliphatic carbocycles. The highest BCUT2D eigenvalue weighted by molar-refractivity contribution is 9.10. The van der Waals surface area contributed by atoms with Crippen molar-refractivity contribution in [1.29, 1.82) is 0 Å². The summed E-state index contributed by atoms with van der Waals surface area (Å²) in [6.45, 7) is 0. The van der Waals surface area contributed by atoms with Crippen LogP contribution in [0.1, 0.15) is 23.0 Å². The number of carbonyl (C=O) groups is 1. The van der Waals surface area contributed by atoms with Crippen LogP contribution >= 0.6 is 15.9 Å². The van der Waals surface area contributed by atoms with E-state index < -0.39 is 12.0 Å². The smallest absolute Gasteiger partial charge is 0.321 e. The number of aromatic nitrogens is 2. The number of carboxylic acids is 1. The Morgan fingerprint density at radius 2 is 2.32 bits per heavy atom. The fourth-order valence-electron chi connectivity index (χ4n) is 2.39. The van der Waals surface area contributed by atoms with Crippen molar-refractivity contribution >= 4 is 21.9 Å². The van der Waals surface area contributed by atoms with Gasteiger partial charge in [0.05, 0.1) is 18.1 Å². The van der Waals surface area contributed by atoms with Gasteiger partial charge >= 0.3 is 5.97 Å². The fourth-order valence-corrected chi connectivity index (χ4v) is 2.80. The number of halogens is 1. The summed E-state index contributed by atoms with van der Waals surface area (Å²) in [6.07, 6.45) is 2.04. The van der Waals surface area contributed by atoms with Crippen LogP contribution in [0, 0.1) is 0 Å². The van der Waals surface area contributed by atoms with E-state index in [1.54, 1.807) is 6.33 Å². The molecule has 19 heavy (non-hydrogen) atoms. The Morgan fingerprint density at radius 3 is 3.05 bits per heavy atom. The number of hydrogen-bond donors (Lipinski definition) is 3. The lowest BCUT2D eigenvalue weighted by Gasteiger charge is -2.28. The molecule has 1 aromatic carbocycles. The van der Waals surface area contributed by atoms with Gasteiger partial charge in [0, 0.05) is 16.6 Å². The Balaban J connectivity index is 2.03. The number of hydrogen-bond acceptors (Lipinski definition) is 3. The number of imidazole rings is 1. The fraction of sp³-hybridized carbons (Fsp3) is 0.231. The third kappa shape index (κ3) is 2.29. The summed E-state index contributed by atoms with van der Waals surface area (Å²) in [5.41, 5.74) is 2.75. The lowest BCUT2D eigenvalue weighted by atomic mass is 9.94. The van der Waals surface area contributed by atoms with E-state index in [-0.39, 0.29) is 6.04 Å². The Labute approximate surface area is 118 Å². The van der Waals surface area contributed by atoms with Crippen molar-refractivity contribution in [3.8, 4) is 0 Å². The molecule has 0 amide bonds. The predicted octanol–water partition coefficient (Wildman–Crippen LogP) is 1.86.